The maximum absolute atomic E-state index is 12.3. The van der Waals surface area contributed by atoms with Crippen LogP contribution in [0.15, 0.2) is 11.4 Å². The number of likely N-dealkylation sites (N-methyl/N-ethyl adjacent to an activating group) is 1. The fourth-order valence-electron chi connectivity index (χ4n) is 3.48. The quantitative estimate of drug-likeness (QED) is 0.763. The minimum absolute atomic E-state index is 0.116. The number of sulfone groups is 1. The van der Waals surface area contributed by atoms with E-state index in [9.17, 15) is 13.2 Å². The molecule has 0 radical (unpaired) electrons. The minimum Gasteiger partial charge on any atom is -0.315 e. The first-order chi connectivity index (χ1) is 13.2. The van der Waals surface area contributed by atoms with Gasteiger partial charge in [-0.15, -0.1) is 11.3 Å². The third-order valence-electron chi connectivity index (χ3n) is 4.91. The Bertz CT molecular complexity index is 1030. The van der Waals surface area contributed by atoms with Crippen molar-refractivity contribution in [1.82, 2.24) is 14.7 Å². The molecule has 2 aromatic heterocycles. The Hall–Kier alpha value is -2.22. The molecule has 0 saturated carbocycles. The molecular weight excluding hydrogens is 398 g/mol. The monoisotopic (exact) mass is 421 g/mol. The molecule has 3 heterocycles. The molecular formula is C18H23N5O3S2. The number of aryl methyl sites for hydroxylation is 1. The van der Waals surface area contributed by atoms with Crippen molar-refractivity contribution in [3.8, 4) is 6.07 Å². The second-order valence-electron chi connectivity index (χ2n) is 7.15. The van der Waals surface area contributed by atoms with Crippen LogP contribution >= 0.6 is 11.3 Å². The van der Waals surface area contributed by atoms with E-state index >= 15 is 0 Å². The van der Waals surface area contributed by atoms with Crippen molar-refractivity contribution in [3.63, 3.8) is 0 Å². The molecule has 1 saturated heterocycles. The highest BCUT2D eigenvalue weighted by Gasteiger charge is 2.31. The Kier molecular flexibility index (Phi) is 5.88. The average Bonchev–Trinajstić information content (AvgIpc) is 3.28. The fraction of sp³-hybridized carbons (Fsp3) is 0.500. The summed E-state index contributed by atoms with van der Waals surface area (Å²) in [6.45, 7) is 4.55. The van der Waals surface area contributed by atoms with Gasteiger partial charge in [-0.2, -0.15) is 10.4 Å². The normalized spacial score (nSPS) is 18.3. The van der Waals surface area contributed by atoms with E-state index < -0.39 is 9.84 Å². The van der Waals surface area contributed by atoms with Crippen LogP contribution in [0.25, 0.3) is 0 Å². The zero-order valence-electron chi connectivity index (χ0n) is 16.1. The van der Waals surface area contributed by atoms with Crippen molar-refractivity contribution in [2.45, 2.75) is 32.9 Å². The number of rotatable bonds is 6. The zero-order chi connectivity index (χ0) is 20.5. The van der Waals surface area contributed by atoms with Crippen LogP contribution in [0.5, 0.6) is 0 Å². The lowest BCUT2D eigenvalue weighted by Crippen LogP contribution is -2.30. The molecule has 1 atom stereocenters. The van der Waals surface area contributed by atoms with Gasteiger partial charge in [-0.25, -0.2) is 8.42 Å². The summed E-state index contributed by atoms with van der Waals surface area (Å²) >= 11 is 1.32. The van der Waals surface area contributed by atoms with Crippen LogP contribution in [-0.4, -0.2) is 54.1 Å². The van der Waals surface area contributed by atoms with Crippen molar-refractivity contribution in [1.29, 1.82) is 5.26 Å². The molecule has 150 valence electrons. The van der Waals surface area contributed by atoms with Gasteiger partial charge in [0, 0.05) is 17.8 Å². The number of amides is 1. The van der Waals surface area contributed by atoms with Crippen molar-refractivity contribution >= 4 is 32.1 Å². The van der Waals surface area contributed by atoms with E-state index in [0.717, 1.165) is 17.0 Å². The molecule has 0 unspecified atom stereocenters. The van der Waals surface area contributed by atoms with Gasteiger partial charge >= 0.3 is 0 Å². The van der Waals surface area contributed by atoms with Crippen LogP contribution in [-0.2, 0) is 21.2 Å². The Morgan fingerprint density at radius 2 is 2.25 bits per heavy atom. The van der Waals surface area contributed by atoms with Gasteiger partial charge in [-0.1, -0.05) is 0 Å². The number of aromatic nitrogens is 2. The topological polar surface area (TPSA) is 108 Å². The SMILES string of the molecule is Cc1nn([C@@H]2CCS(=O)(=O)C2)c(C)c1CN(C)CC(=O)Nc1sccc1C#N. The number of carbonyl (C=O) groups is 1. The third kappa shape index (κ3) is 4.43. The number of nitriles is 1. The van der Waals surface area contributed by atoms with Gasteiger partial charge in [-0.05, 0) is 38.8 Å². The number of nitrogens with one attached hydrogen (secondary N) is 1. The van der Waals surface area contributed by atoms with Crippen LogP contribution in [0.1, 0.15) is 35.0 Å². The van der Waals surface area contributed by atoms with Crippen molar-refractivity contribution in [2.75, 3.05) is 30.4 Å². The highest BCUT2D eigenvalue weighted by molar-refractivity contribution is 7.91. The summed E-state index contributed by atoms with van der Waals surface area (Å²) in [5.41, 5.74) is 3.25. The second-order valence-corrected chi connectivity index (χ2v) is 10.3. The second kappa shape index (κ2) is 8.03. The van der Waals surface area contributed by atoms with Gasteiger partial charge in [0.15, 0.2) is 9.84 Å². The molecule has 0 aromatic carbocycles. The molecule has 3 rings (SSSR count). The first-order valence-electron chi connectivity index (χ1n) is 8.91. The maximum atomic E-state index is 12.3. The predicted octanol–water partition coefficient (Wildman–Crippen LogP) is 1.86. The van der Waals surface area contributed by atoms with Crippen molar-refractivity contribution in [2.24, 2.45) is 0 Å². The van der Waals surface area contributed by atoms with E-state index in [4.69, 9.17) is 5.26 Å². The first-order valence-corrected chi connectivity index (χ1v) is 11.6. The van der Waals surface area contributed by atoms with Gasteiger partial charge < -0.3 is 5.32 Å². The lowest BCUT2D eigenvalue weighted by Gasteiger charge is -2.17. The molecule has 28 heavy (non-hydrogen) atoms. The van der Waals surface area contributed by atoms with Gasteiger partial charge in [0.05, 0.1) is 35.3 Å². The Morgan fingerprint density at radius 3 is 2.89 bits per heavy atom. The van der Waals surface area contributed by atoms with Gasteiger partial charge in [0.2, 0.25) is 5.91 Å². The van der Waals surface area contributed by atoms with Crippen LogP contribution in [0.2, 0.25) is 0 Å². The summed E-state index contributed by atoms with van der Waals surface area (Å²) in [5.74, 6) is 0.152. The Labute approximate surface area is 168 Å². The van der Waals surface area contributed by atoms with E-state index in [1.54, 1.807) is 11.4 Å². The zero-order valence-corrected chi connectivity index (χ0v) is 17.7. The Balaban J connectivity index is 1.65. The number of anilines is 1. The van der Waals surface area contributed by atoms with Gasteiger partial charge in [0.1, 0.15) is 11.1 Å². The molecule has 1 aliphatic heterocycles. The van der Waals surface area contributed by atoms with E-state index in [0.29, 0.717) is 23.5 Å². The summed E-state index contributed by atoms with van der Waals surface area (Å²) in [6, 6.07) is 3.61. The van der Waals surface area contributed by atoms with E-state index in [1.807, 2.05) is 30.5 Å². The van der Waals surface area contributed by atoms with Crippen LogP contribution in [0.3, 0.4) is 0 Å². The van der Waals surface area contributed by atoms with Gasteiger partial charge in [-0.3, -0.25) is 14.4 Å². The van der Waals surface area contributed by atoms with Crippen molar-refractivity contribution < 1.29 is 13.2 Å². The number of hydrogen-bond donors (Lipinski definition) is 1. The predicted molar refractivity (Wildman–Crippen MR) is 108 cm³/mol. The number of carbonyl (C=O) groups excluding carboxylic acids is 1. The average molecular weight is 422 g/mol. The van der Waals surface area contributed by atoms with Crippen LogP contribution in [0, 0.1) is 25.2 Å². The number of nitrogens with zero attached hydrogens (tertiary/aromatic N) is 4. The van der Waals surface area contributed by atoms with Crippen molar-refractivity contribution in [3.05, 3.63) is 34.0 Å². The molecule has 10 heteroatoms. The summed E-state index contributed by atoms with van der Waals surface area (Å²) < 4.78 is 25.4. The van der Waals surface area contributed by atoms with E-state index in [-0.39, 0.29) is 30.0 Å². The standard InChI is InChI=1S/C18H23N5O3S2/c1-12-16(13(2)23(21-12)15-5-7-28(25,26)11-15)9-22(3)10-17(24)20-18-14(8-19)4-6-27-18/h4,6,15H,5,7,9-11H2,1-3H3,(H,20,24)/t15-/m1/s1. The molecule has 1 N–H and O–H groups in total. The van der Waals surface area contributed by atoms with Gasteiger partial charge in [0.25, 0.3) is 0 Å². The molecule has 0 aliphatic carbocycles. The smallest absolute Gasteiger partial charge is 0.239 e. The maximum Gasteiger partial charge on any atom is 0.239 e. The molecule has 1 aliphatic rings. The number of hydrogen-bond acceptors (Lipinski definition) is 7. The lowest BCUT2D eigenvalue weighted by molar-refractivity contribution is -0.117. The molecule has 8 nitrogen and oxygen atoms in total. The summed E-state index contributed by atoms with van der Waals surface area (Å²) in [5, 5.41) is 18.7. The first kappa shape index (κ1) is 20.5. The summed E-state index contributed by atoms with van der Waals surface area (Å²) in [6.07, 6.45) is 0.587. The fourth-order valence-corrected chi connectivity index (χ4v) is 5.93. The molecule has 0 bridgehead atoms. The van der Waals surface area contributed by atoms with E-state index in [1.165, 1.54) is 11.3 Å². The summed E-state index contributed by atoms with van der Waals surface area (Å²) in [4.78, 5) is 14.2. The number of thiophene rings is 1. The molecule has 1 amide bonds. The van der Waals surface area contributed by atoms with Crippen LogP contribution in [0.4, 0.5) is 5.00 Å². The minimum atomic E-state index is -2.98. The molecule has 2 aromatic rings. The lowest BCUT2D eigenvalue weighted by atomic mass is 10.1. The molecule has 0 spiro atoms. The molecule has 1 fully saturated rings. The Morgan fingerprint density at radius 1 is 1.50 bits per heavy atom. The van der Waals surface area contributed by atoms with E-state index in [2.05, 4.69) is 16.5 Å². The highest BCUT2D eigenvalue weighted by atomic mass is 32.2. The van der Waals surface area contributed by atoms with Crippen LogP contribution < -0.4 is 5.32 Å². The summed E-state index contributed by atoms with van der Waals surface area (Å²) in [7, 11) is -1.14. The largest absolute Gasteiger partial charge is 0.315 e. The third-order valence-corrected chi connectivity index (χ3v) is 7.49. The highest BCUT2D eigenvalue weighted by Crippen LogP contribution is 2.27.